The third-order valence-corrected chi connectivity index (χ3v) is 6.39. The summed E-state index contributed by atoms with van der Waals surface area (Å²) in [6.07, 6.45) is 0. The summed E-state index contributed by atoms with van der Waals surface area (Å²) < 4.78 is 1.88. The van der Waals surface area contributed by atoms with Gasteiger partial charge in [-0.2, -0.15) is 0 Å². The fourth-order valence-electron chi connectivity index (χ4n) is 3.47. The quantitative estimate of drug-likeness (QED) is 0.430. The van der Waals surface area contributed by atoms with Gasteiger partial charge >= 0.3 is 5.69 Å². The van der Waals surface area contributed by atoms with E-state index < -0.39 is 17.1 Å². The van der Waals surface area contributed by atoms with E-state index in [0.29, 0.717) is 11.4 Å². The number of aliphatic imine (C=N–C) groups is 1. The van der Waals surface area contributed by atoms with Crippen LogP contribution >= 0.6 is 11.8 Å². The molecule has 1 heterocycles. The van der Waals surface area contributed by atoms with Crippen LogP contribution in [0.15, 0.2) is 51.0 Å². The highest BCUT2D eigenvalue weighted by Gasteiger charge is 2.22. The second kappa shape index (κ2) is 10.1. The zero-order valence-electron chi connectivity index (χ0n) is 20.1. The van der Waals surface area contributed by atoms with Crippen molar-refractivity contribution in [3.63, 3.8) is 0 Å². The van der Waals surface area contributed by atoms with Gasteiger partial charge < -0.3 is 10.4 Å². The van der Waals surface area contributed by atoms with Crippen LogP contribution in [0.3, 0.4) is 0 Å². The van der Waals surface area contributed by atoms with Crippen molar-refractivity contribution < 1.29 is 9.90 Å². The molecule has 8 nitrogen and oxygen atoms in total. The highest BCUT2D eigenvalue weighted by Crippen LogP contribution is 2.25. The number of hydrogen-bond acceptors (Lipinski definition) is 6. The summed E-state index contributed by atoms with van der Waals surface area (Å²) in [4.78, 5) is 42.4. The Morgan fingerprint density at radius 1 is 0.971 bits per heavy atom. The number of amides is 1. The van der Waals surface area contributed by atoms with Crippen molar-refractivity contribution in [3.05, 3.63) is 85.1 Å². The molecule has 2 aromatic carbocycles. The summed E-state index contributed by atoms with van der Waals surface area (Å²) >= 11 is 1.02. The summed E-state index contributed by atoms with van der Waals surface area (Å²) in [6, 6.07) is 11.3. The molecular formula is C25H28N4O4S. The molecule has 34 heavy (non-hydrogen) atoms. The molecule has 0 bridgehead atoms. The molecule has 0 aliphatic carbocycles. The first-order valence-corrected chi connectivity index (χ1v) is 11.6. The summed E-state index contributed by atoms with van der Waals surface area (Å²) in [6.45, 7) is 7.82. The Labute approximate surface area is 202 Å². The monoisotopic (exact) mass is 480 g/mol. The number of aromatic hydroxyl groups is 1. The van der Waals surface area contributed by atoms with Crippen molar-refractivity contribution in [3.8, 4) is 5.88 Å². The smallest absolute Gasteiger partial charge is 0.333 e. The van der Waals surface area contributed by atoms with Crippen molar-refractivity contribution in [1.82, 2.24) is 9.13 Å². The highest BCUT2D eigenvalue weighted by molar-refractivity contribution is 8.15. The summed E-state index contributed by atoms with van der Waals surface area (Å²) in [5, 5.41) is 13.6. The zero-order valence-corrected chi connectivity index (χ0v) is 20.9. The topological polar surface area (TPSA) is 106 Å². The minimum Gasteiger partial charge on any atom is -0.494 e. The molecule has 1 amide bonds. The van der Waals surface area contributed by atoms with Crippen molar-refractivity contribution >= 4 is 34.1 Å². The standard InChI is InChI=1S/C25H28N4O4S/c1-14-9-15(2)11-19(10-14)26-20(30)13-34-22(27-18-8-7-16(3)17(4)12-18)21-23(31)28(5)25(33)29(6)24(21)32/h7-12,31H,13H2,1-6H3,(H,26,30). The number of nitrogens with one attached hydrogen (secondary N) is 1. The first-order valence-electron chi connectivity index (χ1n) is 10.6. The average molecular weight is 481 g/mol. The molecule has 0 saturated carbocycles. The molecular weight excluding hydrogens is 452 g/mol. The number of carbonyl (C=O) groups is 1. The number of rotatable bonds is 5. The Bertz CT molecular complexity index is 1400. The van der Waals surface area contributed by atoms with E-state index in [1.54, 1.807) is 6.07 Å². The number of benzene rings is 2. The minimum absolute atomic E-state index is 0.0535. The van der Waals surface area contributed by atoms with Gasteiger partial charge in [0.05, 0.1) is 11.4 Å². The molecule has 3 rings (SSSR count). The molecule has 0 atom stereocenters. The lowest BCUT2D eigenvalue weighted by Crippen LogP contribution is -2.39. The van der Waals surface area contributed by atoms with E-state index in [1.807, 2.05) is 58.0 Å². The Kier molecular flexibility index (Phi) is 7.46. The number of nitrogens with zero attached hydrogens (tertiary/aromatic N) is 3. The summed E-state index contributed by atoms with van der Waals surface area (Å²) in [5.74, 6) is -0.843. The highest BCUT2D eigenvalue weighted by atomic mass is 32.2. The van der Waals surface area contributed by atoms with E-state index >= 15 is 0 Å². The van der Waals surface area contributed by atoms with Gasteiger partial charge in [0.1, 0.15) is 10.6 Å². The van der Waals surface area contributed by atoms with Gasteiger partial charge in [-0.25, -0.2) is 9.79 Å². The third kappa shape index (κ3) is 5.48. The molecule has 1 aromatic heterocycles. The van der Waals surface area contributed by atoms with Gasteiger partial charge in [0.25, 0.3) is 5.56 Å². The number of thioether (sulfide) groups is 1. The Morgan fingerprint density at radius 2 is 1.62 bits per heavy atom. The van der Waals surface area contributed by atoms with Crippen molar-refractivity contribution in [2.24, 2.45) is 19.1 Å². The third-order valence-electron chi connectivity index (χ3n) is 5.41. The van der Waals surface area contributed by atoms with Gasteiger partial charge in [-0.1, -0.05) is 23.9 Å². The van der Waals surface area contributed by atoms with Crippen LogP contribution in [0, 0.1) is 27.7 Å². The molecule has 0 aliphatic heterocycles. The van der Waals surface area contributed by atoms with E-state index in [9.17, 15) is 19.5 Å². The van der Waals surface area contributed by atoms with Crippen LogP contribution in [0.5, 0.6) is 5.88 Å². The van der Waals surface area contributed by atoms with Crippen LogP contribution < -0.4 is 16.6 Å². The Balaban J connectivity index is 2.00. The van der Waals surface area contributed by atoms with E-state index in [-0.39, 0.29) is 22.3 Å². The molecule has 0 unspecified atom stereocenters. The SMILES string of the molecule is Cc1cc(C)cc(NC(=O)CSC(=Nc2ccc(C)c(C)c2)c2c(O)n(C)c(=O)n(C)c2=O)c1. The maximum Gasteiger partial charge on any atom is 0.333 e. The normalized spacial score (nSPS) is 11.5. The second-order valence-electron chi connectivity index (χ2n) is 8.30. The lowest BCUT2D eigenvalue weighted by atomic mass is 10.1. The lowest BCUT2D eigenvalue weighted by Gasteiger charge is -2.13. The average Bonchev–Trinajstić information content (AvgIpc) is 2.76. The molecule has 0 spiro atoms. The van der Waals surface area contributed by atoms with Gasteiger partial charge in [-0.15, -0.1) is 0 Å². The summed E-state index contributed by atoms with van der Waals surface area (Å²) in [7, 11) is 2.70. The fraction of sp³-hybridized carbons (Fsp3) is 0.280. The van der Waals surface area contributed by atoms with Crippen LogP contribution in [0.4, 0.5) is 11.4 Å². The number of carbonyl (C=O) groups excluding carboxylic acids is 1. The molecule has 9 heteroatoms. The van der Waals surface area contributed by atoms with Gasteiger partial charge in [-0.3, -0.25) is 18.7 Å². The number of aryl methyl sites for hydroxylation is 4. The van der Waals surface area contributed by atoms with E-state index in [4.69, 9.17) is 0 Å². The second-order valence-corrected chi connectivity index (χ2v) is 9.27. The van der Waals surface area contributed by atoms with Crippen molar-refractivity contribution in [2.45, 2.75) is 27.7 Å². The minimum atomic E-state index is -0.689. The first kappa shape index (κ1) is 25.0. The van der Waals surface area contributed by atoms with E-state index in [2.05, 4.69) is 10.3 Å². The molecule has 0 fully saturated rings. The number of anilines is 1. The first-order chi connectivity index (χ1) is 16.0. The Morgan fingerprint density at radius 3 is 2.24 bits per heavy atom. The molecule has 2 N–H and O–H groups in total. The summed E-state index contributed by atoms with van der Waals surface area (Å²) in [5.41, 5.74) is 3.91. The van der Waals surface area contributed by atoms with E-state index in [1.165, 1.54) is 14.1 Å². The molecule has 0 radical (unpaired) electrons. The Hall–Kier alpha value is -3.59. The fourth-order valence-corrected chi connectivity index (χ4v) is 4.30. The molecule has 3 aromatic rings. The molecule has 0 saturated heterocycles. The van der Waals surface area contributed by atoms with Gasteiger partial charge in [0.2, 0.25) is 11.8 Å². The number of hydrogen-bond donors (Lipinski definition) is 2. The maximum atomic E-state index is 12.9. The lowest BCUT2D eigenvalue weighted by molar-refractivity contribution is -0.113. The van der Waals surface area contributed by atoms with Gasteiger partial charge in [-0.05, 0) is 74.2 Å². The van der Waals surface area contributed by atoms with Crippen LogP contribution in [0.1, 0.15) is 27.8 Å². The van der Waals surface area contributed by atoms with E-state index in [0.717, 1.165) is 43.1 Å². The van der Waals surface area contributed by atoms with Gasteiger partial charge in [0.15, 0.2) is 0 Å². The molecule has 0 aliphatic rings. The zero-order chi connectivity index (χ0) is 25.2. The number of aromatic nitrogens is 2. The van der Waals surface area contributed by atoms with Crippen molar-refractivity contribution in [2.75, 3.05) is 11.1 Å². The van der Waals surface area contributed by atoms with Crippen LogP contribution in [0.2, 0.25) is 0 Å². The largest absolute Gasteiger partial charge is 0.494 e. The van der Waals surface area contributed by atoms with Crippen LogP contribution in [-0.2, 0) is 18.9 Å². The van der Waals surface area contributed by atoms with Crippen LogP contribution in [-0.4, -0.2) is 30.9 Å². The molecule has 178 valence electrons. The maximum absolute atomic E-state index is 12.9. The predicted molar refractivity (Wildman–Crippen MR) is 138 cm³/mol. The van der Waals surface area contributed by atoms with Crippen LogP contribution in [0.25, 0.3) is 0 Å². The van der Waals surface area contributed by atoms with Gasteiger partial charge in [0, 0.05) is 19.8 Å². The predicted octanol–water partition coefficient (Wildman–Crippen LogP) is 3.47. The van der Waals surface area contributed by atoms with Crippen molar-refractivity contribution in [1.29, 1.82) is 0 Å².